The van der Waals surface area contributed by atoms with Gasteiger partial charge in [0.15, 0.2) is 0 Å². The minimum atomic E-state index is -3.79. The number of hydrogen-bond donors (Lipinski definition) is 3. The van der Waals surface area contributed by atoms with Crippen molar-refractivity contribution in [2.45, 2.75) is 31.7 Å². The van der Waals surface area contributed by atoms with Crippen LogP contribution in [0.1, 0.15) is 28.4 Å². The summed E-state index contributed by atoms with van der Waals surface area (Å²) in [6.45, 7) is 5.77. The zero-order valence-electron chi connectivity index (χ0n) is 14.5. The van der Waals surface area contributed by atoms with Crippen LogP contribution in [0.3, 0.4) is 0 Å². The Labute approximate surface area is 148 Å². The first-order valence-electron chi connectivity index (χ1n) is 7.94. The van der Waals surface area contributed by atoms with Gasteiger partial charge in [-0.25, -0.2) is 8.42 Å². The van der Waals surface area contributed by atoms with E-state index in [0.717, 1.165) is 5.56 Å². The van der Waals surface area contributed by atoms with Crippen molar-refractivity contribution in [3.63, 3.8) is 0 Å². The number of carbonyl (C=O) groups is 1. The highest BCUT2D eigenvalue weighted by molar-refractivity contribution is 7.92. The number of aryl methyl sites for hydroxylation is 2. The van der Waals surface area contributed by atoms with Crippen LogP contribution < -0.4 is 15.8 Å². The maximum absolute atomic E-state index is 12.6. The van der Waals surface area contributed by atoms with Crippen LogP contribution in [0.5, 0.6) is 0 Å². The third kappa shape index (κ3) is 4.80. The Balaban J connectivity index is 2.30. The number of nitrogens with two attached hydrogens (primary N) is 1. The monoisotopic (exact) mass is 361 g/mol. The Morgan fingerprint density at radius 3 is 2.36 bits per heavy atom. The van der Waals surface area contributed by atoms with Gasteiger partial charge >= 0.3 is 0 Å². The molecule has 0 aromatic heterocycles. The molecule has 0 saturated heterocycles. The van der Waals surface area contributed by atoms with E-state index in [4.69, 9.17) is 5.73 Å². The van der Waals surface area contributed by atoms with Crippen molar-refractivity contribution in [1.82, 2.24) is 5.32 Å². The highest BCUT2D eigenvalue weighted by Gasteiger charge is 2.19. The van der Waals surface area contributed by atoms with E-state index in [2.05, 4.69) is 10.0 Å². The molecule has 0 aliphatic rings. The number of sulfonamides is 1. The van der Waals surface area contributed by atoms with E-state index >= 15 is 0 Å². The summed E-state index contributed by atoms with van der Waals surface area (Å²) in [5.41, 5.74) is 8.01. The third-order valence-electron chi connectivity index (χ3n) is 3.80. The van der Waals surface area contributed by atoms with E-state index in [1.165, 1.54) is 12.1 Å². The molecule has 0 bridgehead atoms. The normalized spacial score (nSPS) is 12.5. The van der Waals surface area contributed by atoms with Gasteiger partial charge in [-0.15, -0.1) is 0 Å². The Bertz CT molecular complexity index is 862. The largest absolute Gasteiger partial charge is 0.348 e. The van der Waals surface area contributed by atoms with Crippen molar-refractivity contribution in [3.8, 4) is 0 Å². The smallest absolute Gasteiger partial charge is 0.261 e. The molecule has 0 fully saturated rings. The second-order valence-corrected chi connectivity index (χ2v) is 7.74. The highest BCUT2D eigenvalue weighted by atomic mass is 32.2. The number of amides is 1. The summed E-state index contributed by atoms with van der Waals surface area (Å²) in [6, 6.07) is 11.3. The number of benzene rings is 2. The van der Waals surface area contributed by atoms with Gasteiger partial charge in [0.05, 0.1) is 4.90 Å². The molecular weight excluding hydrogens is 338 g/mol. The van der Waals surface area contributed by atoms with Crippen LogP contribution in [0.4, 0.5) is 5.69 Å². The molecule has 2 rings (SSSR count). The SMILES string of the molecule is Cc1ccc(NS(=O)(=O)c2ccc(C)c(C(=O)N[C@@H](C)CN)c2)cc1. The van der Waals surface area contributed by atoms with Crippen LogP contribution in [0.2, 0.25) is 0 Å². The number of anilines is 1. The van der Waals surface area contributed by atoms with Gasteiger partial charge in [-0.2, -0.15) is 0 Å². The van der Waals surface area contributed by atoms with Gasteiger partial charge in [0.1, 0.15) is 0 Å². The summed E-state index contributed by atoms with van der Waals surface area (Å²) in [6.07, 6.45) is 0. The lowest BCUT2D eigenvalue weighted by molar-refractivity contribution is 0.0940. The Morgan fingerprint density at radius 2 is 1.76 bits per heavy atom. The molecular formula is C18H23N3O3S. The highest BCUT2D eigenvalue weighted by Crippen LogP contribution is 2.20. The van der Waals surface area contributed by atoms with E-state index in [0.29, 0.717) is 23.4 Å². The lowest BCUT2D eigenvalue weighted by Crippen LogP contribution is -2.38. The van der Waals surface area contributed by atoms with Gasteiger partial charge < -0.3 is 11.1 Å². The summed E-state index contributed by atoms with van der Waals surface area (Å²) in [7, 11) is -3.79. The lowest BCUT2D eigenvalue weighted by Gasteiger charge is -2.14. The fourth-order valence-corrected chi connectivity index (χ4v) is 3.29. The molecule has 0 spiro atoms. The predicted octanol–water partition coefficient (Wildman–Crippen LogP) is 2.18. The van der Waals surface area contributed by atoms with Crippen LogP contribution in [-0.4, -0.2) is 26.9 Å². The summed E-state index contributed by atoms with van der Waals surface area (Å²) in [4.78, 5) is 12.4. The molecule has 6 nitrogen and oxygen atoms in total. The second-order valence-electron chi connectivity index (χ2n) is 6.06. The minimum Gasteiger partial charge on any atom is -0.348 e. The topological polar surface area (TPSA) is 101 Å². The maximum Gasteiger partial charge on any atom is 0.261 e. The van der Waals surface area contributed by atoms with Crippen LogP contribution >= 0.6 is 0 Å². The molecule has 2 aromatic carbocycles. The Hall–Kier alpha value is -2.38. The molecule has 0 aliphatic carbocycles. The molecule has 134 valence electrons. The first-order valence-corrected chi connectivity index (χ1v) is 9.42. The number of nitrogens with one attached hydrogen (secondary N) is 2. The van der Waals surface area contributed by atoms with E-state index in [1.807, 2.05) is 19.1 Å². The van der Waals surface area contributed by atoms with E-state index in [9.17, 15) is 13.2 Å². The molecule has 0 aliphatic heterocycles. The van der Waals surface area contributed by atoms with Crippen LogP contribution in [0.15, 0.2) is 47.4 Å². The summed E-state index contributed by atoms with van der Waals surface area (Å²) in [5, 5.41) is 2.74. The summed E-state index contributed by atoms with van der Waals surface area (Å²) >= 11 is 0. The summed E-state index contributed by atoms with van der Waals surface area (Å²) < 4.78 is 27.7. The van der Waals surface area contributed by atoms with Crippen molar-refractivity contribution in [1.29, 1.82) is 0 Å². The van der Waals surface area contributed by atoms with Gasteiger partial charge in [0, 0.05) is 23.8 Å². The van der Waals surface area contributed by atoms with E-state index in [1.54, 1.807) is 32.0 Å². The van der Waals surface area contributed by atoms with Crippen molar-refractivity contribution in [2.24, 2.45) is 5.73 Å². The molecule has 0 heterocycles. The Kier molecular flexibility index (Phi) is 5.81. The molecule has 1 atom stereocenters. The average molecular weight is 361 g/mol. The predicted molar refractivity (Wildman–Crippen MR) is 99.1 cm³/mol. The van der Waals surface area contributed by atoms with Gasteiger partial charge in [0.25, 0.3) is 15.9 Å². The standard InChI is InChI=1S/C18H23N3O3S/c1-12-4-7-15(8-5-12)21-25(23,24)16-9-6-13(2)17(10-16)18(22)20-14(3)11-19/h4-10,14,21H,11,19H2,1-3H3,(H,20,22)/t14-/m0/s1. The van der Waals surface area contributed by atoms with Crippen molar-refractivity contribution in [2.75, 3.05) is 11.3 Å². The first-order chi connectivity index (χ1) is 11.7. The quantitative estimate of drug-likeness (QED) is 0.734. The average Bonchev–Trinajstić information content (AvgIpc) is 2.56. The number of hydrogen-bond acceptors (Lipinski definition) is 4. The van der Waals surface area contributed by atoms with Gasteiger partial charge in [-0.05, 0) is 50.6 Å². The van der Waals surface area contributed by atoms with E-state index < -0.39 is 10.0 Å². The first kappa shape index (κ1) is 19.0. The maximum atomic E-state index is 12.6. The fourth-order valence-electron chi connectivity index (χ4n) is 2.21. The lowest BCUT2D eigenvalue weighted by atomic mass is 10.1. The minimum absolute atomic E-state index is 0.0317. The molecule has 4 N–H and O–H groups in total. The van der Waals surface area contributed by atoms with Crippen molar-refractivity contribution in [3.05, 3.63) is 59.2 Å². The zero-order valence-corrected chi connectivity index (χ0v) is 15.4. The van der Waals surface area contributed by atoms with Crippen LogP contribution in [0.25, 0.3) is 0 Å². The molecule has 0 unspecified atom stereocenters. The number of rotatable bonds is 6. The van der Waals surface area contributed by atoms with Crippen LogP contribution in [-0.2, 0) is 10.0 Å². The van der Waals surface area contributed by atoms with Gasteiger partial charge in [-0.3, -0.25) is 9.52 Å². The Morgan fingerprint density at radius 1 is 1.12 bits per heavy atom. The van der Waals surface area contributed by atoms with Gasteiger partial charge in [-0.1, -0.05) is 23.8 Å². The molecule has 2 aromatic rings. The second kappa shape index (κ2) is 7.67. The molecule has 1 amide bonds. The van der Waals surface area contributed by atoms with Crippen molar-refractivity contribution < 1.29 is 13.2 Å². The fraction of sp³-hybridized carbons (Fsp3) is 0.278. The molecule has 25 heavy (non-hydrogen) atoms. The molecule has 0 radical (unpaired) electrons. The van der Waals surface area contributed by atoms with Crippen LogP contribution in [0, 0.1) is 13.8 Å². The van der Waals surface area contributed by atoms with E-state index in [-0.39, 0.29) is 16.8 Å². The third-order valence-corrected chi connectivity index (χ3v) is 5.18. The zero-order chi connectivity index (χ0) is 18.6. The molecule has 7 heteroatoms. The van der Waals surface area contributed by atoms with Crippen molar-refractivity contribution >= 4 is 21.6 Å². The van der Waals surface area contributed by atoms with Gasteiger partial charge in [0.2, 0.25) is 0 Å². The number of carbonyl (C=O) groups excluding carboxylic acids is 1. The molecule has 0 saturated carbocycles. The summed E-state index contributed by atoms with van der Waals surface area (Å²) in [5.74, 6) is -0.345.